The van der Waals surface area contributed by atoms with Gasteiger partial charge in [0.05, 0.1) is 18.8 Å². The highest BCUT2D eigenvalue weighted by Gasteiger charge is 2.39. The molecule has 2 atom stereocenters. The van der Waals surface area contributed by atoms with Gasteiger partial charge >= 0.3 is 0 Å². The number of rotatable bonds is 3. The molecule has 0 aromatic carbocycles. The van der Waals surface area contributed by atoms with Gasteiger partial charge in [-0.05, 0) is 37.8 Å². The van der Waals surface area contributed by atoms with Crippen LogP contribution in [0.15, 0.2) is 16.9 Å². The number of hydrogen-bond acceptors (Lipinski definition) is 4. The van der Waals surface area contributed by atoms with E-state index in [9.17, 15) is 9.59 Å². The van der Waals surface area contributed by atoms with Crippen molar-refractivity contribution < 1.29 is 9.53 Å². The molecule has 24 heavy (non-hydrogen) atoms. The summed E-state index contributed by atoms with van der Waals surface area (Å²) < 4.78 is 5.90. The Balaban J connectivity index is 1.59. The Morgan fingerprint density at radius 2 is 2.12 bits per heavy atom. The van der Waals surface area contributed by atoms with Gasteiger partial charge in [0.15, 0.2) is 0 Å². The molecule has 6 heteroatoms. The molecule has 1 aromatic heterocycles. The smallest absolute Gasteiger partial charge is 0.254 e. The maximum absolute atomic E-state index is 13.1. The lowest BCUT2D eigenvalue weighted by Crippen LogP contribution is -2.61. The third kappa shape index (κ3) is 3.00. The predicted octanol–water partition coefficient (Wildman–Crippen LogP) is 1.19. The van der Waals surface area contributed by atoms with E-state index in [0.29, 0.717) is 24.6 Å². The average molecular weight is 331 g/mol. The van der Waals surface area contributed by atoms with Crippen LogP contribution >= 0.6 is 0 Å². The molecule has 2 aliphatic heterocycles. The quantitative estimate of drug-likeness (QED) is 0.903. The molecule has 1 N–H and O–H groups in total. The molecule has 4 rings (SSSR count). The SMILES string of the molecule is CCN1CC[C@H]2OCCN(C(=O)c3cc(C4CC4)[nH]c(=O)c3)[C@H]2C1. The molecule has 130 valence electrons. The van der Waals surface area contributed by atoms with E-state index in [1.165, 1.54) is 6.07 Å². The zero-order valence-electron chi connectivity index (χ0n) is 14.2. The zero-order valence-corrected chi connectivity index (χ0v) is 14.2. The van der Waals surface area contributed by atoms with Gasteiger partial charge in [-0.15, -0.1) is 0 Å². The molecule has 1 aromatic rings. The summed E-state index contributed by atoms with van der Waals surface area (Å²) in [4.78, 5) is 32.2. The highest BCUT2D eigenvalue weighted by molar-refractivity contribution is 5.94. The summed E-state index contributed by atoms with van der Waals surface area (Å²) in [7, 11) is 0. The number of hydrogen-bond donors (Lipinski definition) is 1. The Morgan fingerprint density at radius 1 is 1.29 bits per heavy atom. The van der Waals surface area contributed by atoms with Crippen molar-refractivity contribution in [2.24, 2.45) is 0 Å². The first-order valence-electron chi connectivity index (χ1n) is 9.05. The molecule has 3 heterocycles. The summed E-state index contributed by atoms with van der Waals surface area (Å²) in [5.74, 6) is 0.396. The molecule has 0 unspecified atom stereocenters. The van der Waals surface area contributed by atoms with Crippen molar-refractivity contribution in [1.29, 1.82) is 0 Å². The Labute approximate surface area is 141 Å². The van der Waals surface area contributed by atoms with Crippen LogP contribution in [-0.2, 0) is 4.74 Å². The van der Waals surface area contributed by atoms with Crippen LogP contribution in [-0.4, -0.2) is 65.6 Å². The molecular formula is C18H25N3O3. The first-order valence-corrected chi connectivity index (χ1v) is 9.05. The second-order valence-corrected chi connectivity index (χ2v) is 7.12. The van der Waals surface area contributed by atoms with E-state index < -0.39 is 0 Å². The number of carbonyl (C=O) groups excluding carboxylic acids is 1. The van der Waals surface area contributed by atoms with E-state index in [0.717, 1.165) is 44.6 Å². The standard InChI is InChI=1S/C18H25N3O3/c1-2-20-6-5-16-15(11-20)21(7-8-24-16)18(23)13-9-14(12-3-4-12)19-17(22)10-13/h9-10,12,15-16H,2-8,11H2,1H3,(H,19,22)/t15-,16+/m0/s1. The lowest BCUT2D eigenvalue weighted by atomic mass is 9.97. The number of H-pyrrole nitrogens is 1. The van der Waals surface area contributed by atoms with Crippen molar-refractivity contribution >= 4 is 5.91 Å². The maximum Gasteiger partial charge on any atom is 0.254 e. The minimum atomic E-state index is -0.175. The lowest BCUT2D eigenvalue weighted by Gasteiger charge is -2.46. The van der Waals surface area contributed by atoms with Gasteiger partial charge in [0, 0.05) is 37.0 Å². The number of nitrogens with zero attached hydrogens (tertiary/aromatic N) is 2. The number of likely N-dealkylation sites (tertiary alicyclic amines) is 1. The van der Waals surface area contributed by atoms with Gasteiger partial charge in [-0.2, -0.15) is 0 Å². The number of piperidine rings is 1. The van der Waals surface area contributed by atoms with Crippen molar-refractivity contribution in [1.82, 2.24) is 14.8 Å². The number of aromatic amines is 1. The van der Waals surface area contributed by atoms with E-state index in [1.807, 2.05) is 11.0 Å². The van der Waals surface area contributed by atoms with E-state index in [-0.39, 0.29) is 23.6 Å². The molecule has 3 aliphatic rings. The molecule has 1 amide bonds. The molecule has 2 saturated heterocycles. The van der Waals surface area contributed by atoms with Crippen LogP contribution in [0.4, 0.5) is 0 Å². The summed E-state index contributed by atoms with van der Waals surface area (Å²) in [6, 6.07) is 3.41. The summed E-state index contributed by atoms with van der Waals surface area (Å²) in [6.45, 7) is 6.19. The number of aromatic nitrogens is 1. The number of morpholine rings is 1. The number of amides is 1. The fraction of sp³-hybridized carbons (Fsp3) is 0.667. The number of pyridine rings is 1. The van der Waals surface area contributed by atoms with E-state index in [4.69, 9.17) is 4.74 Å². The minimum absolute atomic E-state index is 0.0285. The van der Waals surface area contributed by atoms with Crippen molar-refractivity contribution in [2.75, 3.05) is 32.8 Å². The van der Waals surface area contributed by atoms with E-state index in [1.54, 1.807) is 0 Å². The number of fused-ring (bicyclic) bond motifs is 1. The molecule has 3 fully saturated rings. The largest absolute Gasteiger partial charge is 0.374 e. The highest BCUT2D eigenvalue weighted by Crippen LogP contribution is 2.38. The van der Waals surface area contributed by atoms with E-state index >= 15 is 0 Å². The van der Waals surface area contributed by atoms with Gasteiger partial charge in [-0.25, -0.2) is 0 Å². The molecule has 0 bridgehead atoms. The second-order valence-electron chi connectivity index (χ2n) is 7.12. The van der Waals surface area contributed by atoms with Gasteiger partial charge in [0.1, 0.15) is 0 Å². The van der Waals surface area contributed by atoms with Crippen LogP contribution in [0.5, 0.6) is 0 Å². The Kier molecular flexibility index (Phi) is 4.18. The van der Waals surface area contributed by atoms with Crippen LogP contribution in [0.25, 0.3) is 0 Å². The van der Waals surface area contributed by atoms with Crippen LogP contribution in [0.3, 0.4) is 0 Å². The topological polar surface area (TPSA) is 65.6 Å². The summed E-state index contributed by atoms with van der Waals surface area (Å²) in [5, 5.41) is 0. The maximum atomic E-state index is 13.1. The van der Waals surface area contributed by atoms with Crippen molar-refractivity contribution in [3.8, 4) is 0 Å². The molecular weight excluding hydrogens is 306 g/mol. The zero-order chi connectivity index (χ0) is 16.7. The number of nitrogens with one attached hydrogen (secondary N) is 1. The molecule has 1 saturated carbocycles. The Morgan fingerprint density at radius 3 is 2.88 bits per heavy atom. The number of ether oxygens (including phenoxy) is 1. The first-order chi connectivity index (χ1) is 11.7. The Hall–Kier alpha value is -1.66. The molecule has 0 radical (unpaired) electrons. The monoisotopic (exact) mass is 331 g/mol. The Bertz CT molecular complexity index is 682. The lowest BCUT2D eigenvalue weighted by molar-refractivity contribution is -0.0896. The van der Waals surface area contributed by atoms with Gasteiger partial charge in [-0.1, -0.05) is 6.92 Å². The van der Waals surface area contributed by atoms with Crippen molar-refractivity contribution in [2.45, 2.75) is 44.2 Å². The molecule has 0 spiro atoms. The third-order valence-corrected chi connectivity index (χ3v) is 5.51. The number of carbonyl (C=O) groups is 1. The minimum Gasteiger partial charge on any atom is -0.374 e. The van der Waals surface area contributed by atoms with Crippen LogP contribution in [0.1, 0.15) is 48.2 Å². The fourth-order valence-corrected chi connectivity index (χ4v) is 3.95. The van der Waals surface area contributed by atoms with Crippen LogP contribution in [0, 0.1) is 0 Å². The highest BCUT2D eigenvalue weighted by atomic mass is 16.5. The second kappa shape index (κ2) is 6.33. The molecule has 6 nitrogen and oxygen atoms in total. The van der Waals surface area contributed by atoms with Crippen molar-refractivity contribution in [3.05, 3.63) is 33.7 Å². The number of likely N-dealkylation sites (N-methyl/N-ethyl adjacent to an activating group) is 1. The van der Waals surface area contributed by atoms with Gasteiger partial charge < -0.3 is 19.5 Å². The van der Waals surface area contributed by atoms with Gasteiger partial charge in [-0.3, -0.25) is 9.59 Å². The van der Waals surface area contributed by atoms with E-state index in [2.05, 4.69) is 16.8 Å². The third-order valence-electron chi connectivity index (χ3n) is 5.51. The summed E-state index contributed by atoms with van der Waals surface area (Å²) >= 11 is 0. The summed E-state index contributed by atoms with van der Waals surface area (Å²) in [5.41, 5.74) is 1.26. The van der Waals surface area contributed by atoms with Crippen molar-refractivity contribution in [3.63, 3.8) is 0 Å². The van der Waals surface area contributed by atoms with Crippen LogP contribution < -0.4 is 5.56 Å². The molecule has 1 aliphatic carbocycles. The van der Waals surface area contributed by atoms with Crippen LogP contribution in [0.2, 0.25) is 0 Å². The fourth-order valence-electron chi connectivity index (χ4n) is 3.95. The van der Waals surface area contributed by atoms with Gasteiger partial charge in [0.2, 0.25) is 5.56 Å². The first kappa shape index (κ1) is 15.8. The van der Waals surface area contributed by atoms with Gasteiger partial charge in [0.25, 0.3) is 5.91 Å². The average Bonchev–Trinajstić information content (AvgIpc) is 3.44. The normalized spacial score (nSPS) is 27.8. The summed E-state index contributed by atoms with van der Waals surface area (Å²) in [6.07, 6.45) is 3.28. The predicted molar refractivity (Wildman–Crippen MR) is 90.3 cm³/mol.